The third kappa shape index (κ3) is 6.28. The molecule has 0 radical (unpaired) electrons. The molecule has 0 saturated carbocycles. The molecule has 0 amide bonds. The summed E-state index contributed by atoms with van der Waals surface area (Å²) in [6, 6.07) is 4.97. The molecular formula is C15H22F3NO. The lowest BCUT2D eigenvalue weighted by Crippen LogP contribution is -2.30. The van der Waals surface area contributed by atoms with Crippen LogP contribution in [0.15, 0.2) is 24.3 Å². The first-order valence-corrected chi connectivity index (χ1v) is 6.83. The fourth-order valence-corrected chi connectivity index (χ4v) is 1.72. The smallest absolute Gasteiger partial charge is 0.416 e. The lowest BCUT2D eigenvalue weighted by molar-refractivity contribution is -0.137. The monoisotopic (exact) mass is 289 g/mol. The Morgan fingerprint density at radius 1 is 1.20 bits per heavy atom. The van der Waals surface area contributed by atoms with Crippen molar-refractivity contribution in [2.24, 2.45) is 5.92 Å². The Bertz CT molecular complexity index is 404. The van der Waals surface area contributed by atoms with Gasteiger partial charge in [0.25, 0.3) is 0 Å². The van der Waals surface area contributed by atoms with Crippen molar-refractivity contribution >= 4 is 0 Å². The molecule has 1 aromatic carbocycles. The van der Waals surface area contributed by atoms with Crippen LogP contribution in [0.4, 0.5) is 13.2 Å². The van der Waals surface area contributed by atoms with Crippen LogP contribution in [-0.4, -0.2) is 19.2 Å². The molecule has 1 N–H and O–H groups in total. The minimum atomic E-state index is -4.34. The van der Waals surface area contributed by atoms with E-state index < -0.39 is 11.7 Å². The summed E-state index contributed by atoms with van der Waals surface area (Å²) in [7, 11) is 0. The number of benzene rings is 1. The molecular weight excluding hydrogens is 267 g/mol. The molecule has 0 aliphatic heterocycles. The van der Waals surface area contributed by atoms with Gasteiger partial charge in [0.2, 0.25) is 0 Å². The van der Waals surface area contributed by atoms with Crippen LogP contribution in [0.3, 0.4) is 0 Å². The van der Waals surface area contributed by atoms with Crippen LogP contribution in [-0.2, 0) is 6.18 Å². The quantitative estimate of drug-likeness (QED) is 0.763. The van der Waals surface area contributed by atoms with Crippen molar-refractivity contribution in [1.29, 1.82) is 0 Å². The van der Waals surface area contributed by atoms with E-state index in [9.17, 15) is 13.2 Å². The Morgan fingerprint density at radius 3 is 2.50 bits per heavy atom. The van der Waals surface area contributed by atoms with Gasteiger partial charge >= 0.3 is 6.18 Å². The zero-order chi connectivity index (χ0) is 15.2. The van der Waals surface area contributed by atoms with Gasteiger partial charge in [-0.25, -0.2) is 0 Å². The maximum atomic E-state index is 12.6. The summed E-state index contributed by atoms with van der Waals surface area (Å²) in [4.78, 5) is 0. The van der Waals surface area contributed by atoms with Gasteiger partial charge in [-0.2, -0.15) is 13.2 Å². The summed E-state index contributed by atoms with van der Waals surface area (Å²) in [6.07, 6.45) is -3.44. The molecule has 0 spiro atoms. The summed E-state index contributed by atoms with van der Waals surface area (Å²) in [5, 5.41) is 3.23. The summed E-state index contributed by atoms with van der Waals surface area (Å²) in [5.41, 5.74) is -0.685. The van der Waals surface area contributed by atoms with E-state index in [-0.39, 0.29) is 11.9 Å². The average molecular weight is 289 g/mol. The van der Waals surface area contributed by atoms with Crippen molar-refractivity contribution in [3.63, 3.8) is 0 Å². The lowest BCUT2D eigenvalue weighted by atomic mass is 10.1. The van der Waals surface area contributed by atoms with E-state index in [2.05, 4.69) is 19.2 Å². The molecule has 0 bridgehead atoms. The Hall–Kier alpha value is -1.23. The minimum absolute atomic E-state index is 0.175. The van der Waals surface area contributed by atoms with E-state index in [0.717, 1.165) is 25.1 Å². The molecule has 2 nitrogen and oxygen atoms in total. The van der Waals surface area contributed by atoms with Gasteiger partial charge in [-0.15, -0.1) is 0 Å². The number of ether oxygens (including phenoxy) is 1. The molecule has 1 unspecified atom stereocenters. The summed E-state index contributed by atoms with van der Waals surface area (Å²) in [5.74, 6) is 0.875. The normalized spacial score (nSPS) is 13.6. The van der Waals surface area contributed by atoms with Crippen LogP contribution in [0.25, 0.3) is 0 Å². The number of hydrogen-bond acceptors (Lipinski definition) is 2. The van der Waals surface area contributed by atoms with Gasteiger partial charge in [0.05, 0.1) is 5.56 Å². The van der Waals surface area contributed by atoms with Crippen LogP contribution in [0.1, 0.15) is 32.8 Å². The van der Waals surface area contributed by atoms with Gasteiger partial charge in [-0.3, -0.25) is 0 Å². The predicted molar refractivity (Wildman–Crippen MR) is 73.9 cm³/mol. The van der Waals surface area contributed by atoms with Crippen molar-refractivity contribution in [2.75, 3.05) is 13.1 Å². The number of alkyl halides is 3. The molecule has 1 atom stereocenters. The fourth-order valence-electron chi connectivity index (χ4n) is 1.72. The van der Waals surface area contributed by atoms with Crippen LogP contribution >= 0.6 is 0 Å². The van der Waals surface area contributed by atoms with Crippen molar-refractivity contribution in [3.8, 4) is 5.75 Å². The maximum absolute atomic E-state index is 12.6. The molecule has 0 saturated heterocycles. The number of nitrogens with one attached hydrogen (secondary N) is 1. The molecule has 0 aliphatic rings. The van der Waals surface area contributed by atoms with E-state index in [1.807, 2.05) is 6.92 Å². The van der Waals surface area contributed by atoms with Gasteiger partial charge in [-0.1, -0.05) is 19.9 Å². The minimum Gasteiger partial charge on any atom is -0.489 e. The van der Waals surface area contributed by atoms with Gasteiger partial charge in [-0.05, 0) is 44.0 Å². The highest BCUT2D eigenvalue weighted by molar-refractivity contribution is 5.30. The van der Waals surface area contributed by atoms with Gasteiger partial charge in [0, 0.05) is 6.54 Å². The second-order valence-corrected chi connectivity index (χ2v) is 5.34. The first kappa shape index (κ1) is 16.8. The molecule has 1 aromatic rings. The zero-order valence-electron chi connectivity index (χ0n) is 12.1. The highest BCUT2D eigenvalue weighted by Gasteiger charge is 2.30. The summed E-state index contributed by atoms with van der Waals surface area (Å²) < 4.78 is 43.2. The number of halogens is 3. The maximum Gasteiger partial charge on any atom is 0.416 e. The molecule has 5 heteroatoms. The third-order valence-electron chi connectivity index (χ3n) is 2.83. The topological polar surface area (TPSA) is 21.3 Å². The van der Waals surface area contributed by atoms with Crippen LogP contribution in [0, 0.1) is 5.92 Å². The van der Waals surface area contributed by atoms with Gasteiger partial charge in [0.15, 0.2) is 0 Å². The van der Waals surface area contributed by atoms with Crippen LogP contribution < -0.4 is 10.1 Å². The highest BCUT2D eigenvalue weighted by Crippen LogP contribution is 2.31. The van der Waals surface area contributed by atoms with E-state index in [4.69, 9.17) is 4.74 Å². The summed E-state index contributed by atoms with van der Waals surface area (Å²) >= 11 is 0. The number of rotatable bonds is 7. The second-order valence-electron chi connectivity index (χ2n) is 5.34. The first-order valence-electron chi connectivity index (χ1n) is 6.83. The van der Waals surface area contributed by atoms with Crippen molar-refractivity contribution < 1.29 is 17.9 Å². The summed E-state index contributed by atoms with van der Waals surface area (Å²) in [6.45, 7) is 7.62. The van der Waals surface area contributed by atoms with Gasteiger partial charge < -0.3 is 10.1 Å². The zero-order valence-corrected chi connectivity index (χ0v) is 12.1. The highest BCUT2D eigenvalue weighted by atomic mass is 19.4. The SMILES string of the molecule is CC(C)CCNCC(C)Oc1cccc(C(F)(F)F)c1. The molecule has 0 fully saturated rings. The Balaban J connectivity index is 2.44. The predicted octanol–water partition coefficient (Wildman–Crippen LogP) is 4.11. The molecule has 114 valence electrons. The van der Waals surface area contributed by atoms with E-state index >= 15 is 0 Å². The standard InChI is InChI=1S/C15H22F3NO/c1-11(2)7-8-19-10-12(3)20-14-6-4-5-13(9-14)15(16,17)18/h4-6,9,11-12,19H,7-8,10H2,1-3H3. The lowest BCUT2D eigenvalue weighted by Gasteiger charge is -2.17. The first-order chi connectivity index (χ1) is 9.29. The van der Waals surface area contributed by atoms with Gasteiger partial charge in [0.1, 0.15) is 11.9 Å². The Kier molecular flexibility index (Phi) is 6.33. The van der Waals surface area contributed by atoms with Crippen molar-refractivity contribution in [2.45, 2.75) is 39.5 Å². The number of hydrogen-bond donors (Lipinski definition) is 1. The Morgan fingerprint density at radius 2 is 1.90 bits per heavy atom. The van der Waals surface area contributed by atoms with E-state index in [0.29, 0.717) is 12.5 Å². The molecule has 1 rings (SSSR count). The van der Waals surface area contributed by atoms with Crippen molar-refractivity contribution in [1.82, 2.24) is 5.32 Å². The second kappa shape index (κ2) is 7.53. The molecule has 0 aromatic heterocycles. The van der Waals surface area contributed by atoms with Crippen LogP contribution in [0.5, 0.6) is 5.75 Å². The average Bonchev–Trinajstić information content (AvgIpc) is 2.34. The fraction of sp³-hybridized carbons (Fsp3) is 0.600. The molecule has 0 aliphatic carbocycles. The molecule has 20 heavy (non-hydrogen) atoms. The van der Waals surface area contributed by atoms with Crippen molar-refractivity contribution in [3.05, 3.63) is 29.8 Å². The Labute approximate surface area is 118 Å². The largest absolute Gasteiger partial charge is 0.489 e. The molecule has 0 heterocycles. The van der Waals surface area contributed by atoms with E-state index in [1.54, 1.807) is 6.07 Å². The van der Waals surface area contributed by atoms with Crippen LogP contribution in [0.2, 0.25) is 0 Å². The third-order valence-corrected chi connectivity index (χ3v) is 2.83. The van der Waals surface area contributed by atoms with E-state index in [1.165, 1.54) is 6.07 Å².